The number of Topliss-reactive ketones (excluding diaryl/α,β-unsaturated/α-hetero) is 1. The third-order valence-electron chi connectivity index (χ3n) is 3.99. The van der Waals surface area contributed by atoms with E-state index < -0.39 is 0 Å². The molecule has 1 atom stereocenters. The molecular weight excluding hydrogens is 292 g/mol. The molecule has 0 radical (unpaired) electrons. The molecule has 1 aromatic rings. The molecule has 1 saturated heterocycles. The molecule has 0 spiro atoms. The first kappa shape index (κ1) is 17.3. The van der Waals surface area contributed by atoms with Gasteiger partial charge in [-0.3, -0.25) is 15.2 Å². The maximum Gasteiger partial charge on any atom is 0.185 e. The van der Waals surface area contributed by atoms with E-state index in [2.05, 4.69) is 10.3 Å². The maximum absolute atomic E-state index is 12.2. The van der Waals surface area contributed by atoms with Crippen LogP contribution in [-0.4, -0.2) is 36.2 Å². The van der Waals surface area contributed by atoms with E-state index in [4.69, 9.17) is 15.9 Å². The first-order valence-electron chi connectivity index (χ1n) is 7.87. The second-order valence-electron chi connectivity index (χ2n) is 5.63. The molecule has 0 aliphatic carbocycles. The third-order valence-corrected chi connectivity index (χ3v) is 3.99. The number of nitrogens with one attached hydrogen (secondary N) is 2. The summed E-state index contributed by atoms with van der Waals surface area (Å²) in [6, 6.07) is 3.75. The molecule has 0 amide bonds. The Hall–Kier alpha value is -2.05. The molecule has 0 saturated carbocycles. The van der Waals surface area contributed by atoms with Crippen LogP contribution in [0, 0.1) is 5.41 Å². The van der Waals surface area contributed by atoms with Crippen molar-refractivity contribution in [3.63, 3.8) is 0 Å². The maximum atomic E-state index is 12.2. The zero-order chi connectivity index (χ0) is 16.8. The molecule has 124 valence electrons. The Morgan fingerprint density at radius 2 is 2.30 bits per heavy atom. The van der Waals surface area contributed by atoms with Crippen molar-refractivity contribution in [2.45, 2.75) is 32.8 Å². The van der Waals surface area contributed by atoms with Gasteiger partial charge in [0.2, 0.25) is 0 Å². The minimum atomic E-state index is -0.246. The standard InChI is InChI=1S/C17H24N4O2/c1-3-13(18)11(2)17(19)15(22)8-12-4-5-14(21-9-12)16-10-20-6-7-23-16/h4-5,9,16,19-20H,3,6-8,10,18H2,1-2H3/t16-/m0/s1. The number of pyridine rings is 1. The van der Waals surface area contributed by atoms with E-state index in [1.54, 1.807) is 13.1 Å². The summed E-state index contributed by atoms with van der Waals surface area (Å²) in [5.74, 6) is -0.246. The van der Waals surface area contributed by atoms with Gasteiger partial charge in [-0.1, -0.05) is 13.0 Å². The monoisotopic (exact) mass is 316 g/mol. The predicted molar refractivity (Wildman–Crippen MR) is 89.4 cm³/mol. The van der Waals surface area contributed by atoms with E-state index >= 15 is 0 Å². The van der Waals surface area contributed by atoms with Crippen LogP contribution in [0.5, 0.6) is 0 Å². The highest BCUT2D eigenvalue weighted by Crippen LogP contribution is 2.17. The van der Waals surface area contributed by atoms with Crippen LogP contribution < -0.4 is 11.1 Å². The predicted octanol–water partition coefficient (Wildman–Crippen LogP) is 1.52. The summed E-state index contributed by atoms with van der Waals surface area (Å²) in [6.45, 7) is 5.90. The molecule has 0 unspecified atom stereocenters. The molecule has 0 bridgehead atoms. The number of aromatic nitrogens is 1. The number of carbonyl (C=O) groups excluding carboxylic acids is 1. The highest BCUT2D eigenvalue weighted by Gasteiger charge is 2.18. The van der Waals surface area contributed by atoms with Crippen LogP contribution in [0.15, 0.2) is 29.6 Å². The lowest BCUT2D eigenvalue weighted by molar-refractivity contribution is -0.112. The molecule has 4 N–H and O–H groups in total. The van der Waals surface area contributed by atoms with E-state index in [1.807, 2.05) is 19.1 Å². The summed E-state index contributed by atoms with van der Waals surface area (Å²) in [6.07, 6.45) is 2.43. The largest absolute Gasteiger partial charge is 0.402 e. The molecule has 1 aliphatic rings. The summed E-state index contributed by atoms with van der Waals surface area (Å²) in [5.41, 5.74) is 8.57. The van der Waals surface area contributed by atoms with Gasteiger partial charge in [0.1, 0.15) is 11.8 Å². The van der Waals surface area contributed by atoms with Gasteiger partial charge in [0.25, 0.3) is 0 Å². The fourth-order valence-corrected chi connectivity index (χ4v) is 2.39. The SMILES string of the molecule is CCC(N)=C(C)C(=N)C(=O)Cc1ccc([C@@H]2CNCCO2)nc1. The lowest BCUT2D eigenvalue weighted by Gasteiger charge is -2.23. The fraction of sp³-hybridized carbons (Fsp3) is 0.471. The van der Waals surface area contributed by atoms with Crippen molar-refractivity contribution in [1.82, 2.24) is 10.3 Å². The van der Waals surface area contributed by atoms with Gasteiger partial charge in [0.05, 0.1) is 12.3 Å². The zero-order valence-corrected chi connectivity index (χ0v) is 13.7. The van der Waals surface area contributed by atoms with Crippen molar-refractivity contribution in [3.05, 3.63) is 40.9 Å². The molecule has 6 nitrogen and oxygen atoms in total. The number of hydrogen-bond donors (Lipinski definition) is 3. The first-order chi connectivity index (χ1) is 11.0. The van der Waals surface area contributed by atoms with Gasteiger partial charge in [-0.25, -0.2) is 0 Å². The van der Waals surface area contributed by atoms with Gasteiger partial charge in [-0.05, 0) is 30.5 Å². The normalized spacial score (nSPS) is 19.1. The van der Waals surface area contributed by atoms with Crippen LogP contribution in [0.4, 0.5) is 0 Å². The Morgan fingerprint density at radius 1 is 1.52 bits per heavy atom. The molecule has 1 aliphatic heterocycles. The zero-order valence-electron chi connectivity index (χ0n) is 13.7. The van der Waals surface area contributed by atoms with Crippen LogP contribution >= 0.6 is 0 Å². The van der Waals surface area contributed by atoms with Gasteiger partial charge in [0.15, 0.2) is 5.78 Å². The highest BCUT2D eigenvalue weighted by molar-refractivity contribution is 6.45. The topological polar surface area (TPSA) is 101 Å². The summed E-state index contributed by atoms with van der Waals surface area (Å²) < 4.78 is 5.65. The number of hydrogen-bond acceptors (Lipinski definition) is 6. The van der Waals surface area contributed by atoms with E-state index in [1.165, 1.54) is 0 Å². The van der Waals surface area contributed by atoms with Crippen molar-refractivity contribution in [3.8, 4) is 0 Å². The number of nitrogens with two attached hydrogens (primary N) is 1. The van der Waals surface area contributed by atoms with Crippen LogP contribution in [0.3, 0.4) is 0 Å². The molecule has 0 aromatic carbocycles. The third kappa shape index (κ3) is 4.46. The second kappa shape index (κ2) is 7.99. The molecule has 1 fully saturated rings. The number of morpholine rings is 1. The fourth-order valence-electron chi connectivity index (χ4n) is 2.39. The Morgan fingerprint density at radius 3 is 2.87 bits per heavy atom. The molecule has 2 rings (SSSR count). The Kier molecular flexibility index (Phi) is 6.01. The van der Waals surface area contributed by atoms with Gasteiger partial charge in [-0.2, -0.15) is 0 Å². The quantitative estimate of drug-likeness (QED) is 0.691. The molecule has 6 heteroatoms. The van der Waals surface area contributed by atoms with Crippen molar-refractivity contribution in [1.29, 1.82) is 5.41 Å². The number of carbonyl (C=O) groups is 1. The smallest absolute Gasteiger partial charge is 0.185 e. The van der Waals surface area contributed by atoms with Gasteiger partial charge >= 0.3 is 0 Å². The van der Waals surface area contributed by atoms with Gasteiger partial charge < -0.3 is 15.8 Å². The van der Waals surface area contributed by atoms with Crippen LogP contribution in [0.25, 0.3) is 0 Å². The van der Waals surface area contributed by atoms with Crippen LogP contribution in [-0.2, 0) is 16.0 Å². The summed E-state index contributed by atoms with van der Waals surface area (Å²) >= 11 is 0. The van der Waals surface area contributed by atoms with Crippen LogP contribution in [0.1, 0.15) is 37.6 Å². The number of nitrogens with zero attached hydrogens (tertiary/aromatic N) is 1. The lowest BCUT2D eigenvalue weighted by atomic mass is 10.0. The number of allylic oxidation sites excluding steroid dienone is 2. The summed E-state index contributed by atoms with van der Waals surface area (Å²) in [7, 11) is 0. The first-order valence-corrected chi connectivity index (χ1v) is 7.87. The second-order valence-corrected chi connectivity index (χ2v) is 5.63. The number of ether oxygens (including phenoxy) is 1. The lowest BCUT2D eigenvalue weighted by Crippen LogP contribution is -2.33. The van der Waals surface area contributed by atoms with Crippen LogP contribution in [0.2, 0.25) is 0 Å². The van der Waals surface area contributed by atoms with Gasteiger partial charge in [0, 0.05) is 31.4 Å². The van der Waals surface area contributed by atoms with Gasteiger partial charge in [-0.15, -0.1) is 0 Å². The van der Waals surface area contributed by atoms with E-state index in [0.29, 0.717) is 24.3 Å². The summed E-state index contributed by atoms with van der Waals surface area (Å²) in [4.78, 5) is 16.6. The Balaban J connectivity index is 2.00. The Bertz CT molecular complexity index is 602. The van der Waals surface area contributed by atoms with E-state index in [0.717, 1.165) is 24.3 Å². The number of rotatable bonds is 6. The van der Waals surface area contributed by atoms with Crippen molar-refractivity contribution >= 4 is 11.5 Å². The van der Waals surface area contributed by atoms with Crippen molar-refractivity contribution < 1.29 is 9.53 Å². The molecular formula is C17H24N4O2. The Labute approximate surface area is 136 Å². The van der Waals surface area contributed by atoms with Crippen molar-refractivity contribution in [2.24, 2.45) is 5.73 Å². The molecule has 2 heterocycles. The minimum Gasteiger partial charge on any atom is -0.402 e. The number of ketones is 1. The van der Waals surface area contributed by atoms with E-state index in [9.17, 15) is 4.79 Å². The average Bonchev–Trinajstić information content (AvgIpc) is 2.61. The highest BCUT2D eigenvalue weighted by atomic mass is 16.5. The average molecular weight is 316 g/mol. The summed E-state index contributed by atoms with van der Waals surface area (Å²) in [5, 5.41) is 11.2. The van der Waals surface area contributed by atoms with E-state index in [-0.39, 0.29) is 24.0 Å². The molecule has 23 heavy (non-hydrogen) atoms. The minimum absolute atomic E-state index is 0.0201. The molecule has 1 aromatic heterocycles. The van der Waals surface area contributed by atoms with Crippen molar-refractivity contribution in [2.75, 3.05) is 19.7 Å².